The summed E-state index contributed by atoms with van der Waals surface area (Å²) in [5, 5.41) is 11.5. The maximum absolute atomic E-state index is 13.4. The predicted molar refractivity (Wildman–Crippen MR) is 99.3 cm³/mol. The monoisotopic (exact) mass is 429 g/mol. The Morgan fingerprint density at radius 3 is 2.14 bits per heavy atom. The molecule has 0 atom stereocenters. The van der Waals surface area contributed by atoms with E-state index in [2.05, 4.69) is 10.2 Å². The Bertz CT molecular complexity index is 1080. The van der Waals surface area contributed by atoms with E-state index in [0.717, 1.165) is 5.56 Å². The second-order valence-corrected chi connectivity index (χ2v) is 8.12. The van der Waals surface area contributed by atoms with Crippen LogP contribution in [-0.2, 0) is 29.0 Å². The van der Waals surface area contributed by atoms with Gasteiger partial charge >= 0.3 is 6.18 Å². The number of alkyl halides is 3. The number of rotatable bonds is 5. The number of primary sulfonamides is 1. The van der Waals surface area contributed by atoms with Gasteiger partial charge in [0.25, 0.3) is 0 Å². The normalized spacial score (nSPS) is 12.3. The third-order valence-corrected chi connectivity index (χ3v) is 5.37. The van der Waals surface area contributed by atoms with Crippen LogP contribution >= 0.6 is 11.6 Å². The number of hydrogen-bond donors (Lipinski definition) is 2. The molecule has 0 radical (unpaired) electrons. The molecule has 2 aromatic carbocycles. The quantitative estimate of drug-likeness (QED) is 0.637. The summed E-state index contributed by atoms with van der Waals surface area (Å²) in [7, 11) is -3.90. The fraction of sp³-hybridized carbons (Fsp3) is 0.167. The summed E-state index contributed by atoms with van der Waals surface area (Å²) in [4.78, 5) is -0.134. The minimum absolute atomic E-state index is 0.00538. The number of aryl methyl sites for hydroxylation is 1. The molecule has 0 spiro atoms. The topological polar surface area (TPSA) is 88.8 Å². The SMILES string of the molecule is NS(=O)(=O)c1ccc(-c2n[nH]c(C(F)(F)F)c2CCc2ccc(Cl)cc2)cc1. The highest BCUT2D eigenvalue weighted by molar-refractivity contribution is 7.89. The first-order valence-corrected chi connectivity index (χ1v) is 10.0. The van der Waals surface area contributed by atoms with Crippen LogP contribution in [0.3, 0.4) is 0 Å². The molecule has 0 fully saturated rings. The third kappa shape index (κ3) is 4.54. The Kier molecular flexibility index (Phi) is 5.51. The van der Waals surface area contributed by atoms with Crippen molar-refractivity contribution in [3.63, 3.8) is 0 Å². The number of benzene rings is 2. The fourth-order valence-corrected chi connectivity index (χ4v) is 3.45. The van der Waals surface area contributed by atoms with Crippen molar-refractivity contribution >= 4 is 21.6 Å². The molecular formula is C18H15ClF3N3O2S. The van der Waals surface area contributed by atoms with Gasteiger partial charge in [-0.05, 0) is 42.7 Å². The van der Waals surface area contributed by atoms with E-state index in [9.17, 15) is 21.6 Å². The Morgan fingerprint density at radius 2 is 1.61 bits per heavy atom. The van der Waals surface area contributed by atoms with Crippen molar-refractivity contribution in [3.8, 4) is 11.3 Å². The van der Waals surface area contributed by atoms with Gasteiger partial charge in [0.1, 0.15) is 5.69 Å². The molecule has 10 heteroatoms. The first-order chi connectivity index (χ1) is 13.1. The summed E-state index contributed by atoms with van der Waals surface area (Å²) in [6.07, 6.45) is -4.16. The molecule has 0 aliphatic carbocycles. The lowest BCUT2D eigenvalue weighted by molar-refractivity contribution is -0.141. The molecule has 3 rings (SSSR count). The molecule has 0 unspecified atom stereocenters. The van der Waals surface area contributed by atoms with Gasteiger partial charge in [-0.1, -0.05) is 35.9 Å². The highest BCUT2D eigenvalue weighted by atomic mass is 35.5. The van der Waals surface area contributed by atoms with E-state index in [1.165, 1.54) is 24.3 Å². The maximum atomic E-state index is 13.4. The molecule has 0 amide bonds. The molecule has 5 nitrogen and oxygen atoms in total. The first kappa shape index (κ1) is 20.4. The van der Waals surface area contributed by atoms with E-state index >= 15 is 0 Å². The van der Waals surface area contributed by atoms with E-state index in [1.807, 2.05) is 0 Å². The lowest BCUT2D eigenvalue weighted by atomic mass is 9.99. The number of nitrogens with two attached hydrogens (primary N) is 1. The van der Waals surface area contributed by atoms with Crippen LogP contribution in [0, 0.1) is 0 Å². The Labute approximate surface area is 164 Å². The summed E-state index contributed by atoms with van der Waals surface area (Å²) >= 11 is 5.83. The molecule has 1 aromatic heterocycles. The Hall–Kier alpha value is -2.36. The van der Waals surface area contributed by atoms with Gasteiger partial charge < -0.3 is 0 Å². The number of sulfonamides is 1. The van der Waals surface area contributed by atoms with Gasteiger partial charge in [0.15, 0.2) is 0 Å². The number of nitrogens with one attached hydrogen (secondary N) is 1. The number of aromatic nitrogens is 2. The van der Waals surface area contributed by atoms with Crippen molar-refractivity contribution in [2.45, 2.75) is 23.9 Å². The molecule has 1 heterocycles. The molecule has 148 valence electrons. The van der Waals surface area contributed by atoms with Crippen molar-refractivity contribution in [2.75, 3.05) is 0 Å². The zero-order chi connectivity index (χ0) is 20.5. The van der Waals surface area contributed by atoms with Gasteiger partial charge in [0, 0.05) is 16.1 Å². The van der Waals surface area contributed by atoms with Gasteiger partial charge in [0.2, 0.25) is 10.0 Å². The van der Waals surface area contributed by atoms with Crippen LogP contribution < -0.4 is 5.14 Å². The van der Waals surface area contributed by atoms with Crippen LogP contribution in [0.15, 0.2) is 53.4 Å². The highest BCUT2D eigenvalue weighted by Crippen LogP contribution is 2.36. The van der Waals surface area contributed by atoms with E-state index in [4.69, 9.17) is 16.7 Å². The average Bonchev–Trinajstić information content (AvgIpc) is 3.05. The molecule has 0 aliphatic rings. The molecule has 0 saturated carbocycles. The second kappa shape index (κ2) is 7.57. The van der Waals surface area contributed by atoms with E-state index < -0.39 is 21.9 Å². The largest absolute Gasteiger partial charge is 0.433 e. The molecular weight excluding hydrogens is 415 g/mol. The van der Waals surface area contributed by atoms with Crippen LogP contribution in [0.1, 0.15) is 16.8 Å². The van der Waals surface area contributed by atoms with Crippen LogP contribution in [0.4, 0.5) is 13.2 Å². The summed E-state index contributed by atoms with van der Waals surface area (Å²) in [6, 6.07) is 12.1. The van der Waals surface area contributed by atoms with E-state index in [-0.39, 0.29) is 22.6 Å². The van der Waals surface area contributed by atoms with E-state index in [0.29, 0.717) is 17.0 Å². The minimum atomic E-state index is -4.60. The number of nitrogens with zero attached hydrogens (tertiary/aromatic N) is 1. The van der Waals surface area contributed by atoms with Crippen LogP contribution in [0.5, 0.6) is 0 Å². The summed E-state index contributed by atoms with van der Waals surface area (Å²) in [5.74, 6) is 0. The molecule has 3 aromatic rings. The first-order valence-electron chi connectivity index (χ1n) is 8.08. The van der Waals surface area contributed by atoms with Gasteiger partial charge in [0.05, 0.1) is 10.6 Å². The minimum Gasteiger partial charge on any atom is -0.273 e. The third-order valence-electron chi connectivity index (χ3n) is 4.18. The van der Waals surface area contributed by atoms with Crippen LogP contribution in [0.2, 0.25) is 5.02 Å². The molecule has 0 bridgehead atoms. The standard InChI is InChI=1S/C18H15ClF3N3O2S/c19-13-6-1-11(2-7-13)3-10-15-16(24-25-17(15)18(20,21)22)12-4-8-14(9-5-12)28(23,26)27/h1-2,4-9H,3,10H2,(H,24,25)(H2,23,26,27). The number of hydrogen-bond acceptors (Lipinski definition) is 3. The van der Waals surface area contributed by atoms with Crippen molar-refractivity contribution in [2.24, 2.45) is 5.14 Å². The lowest BCUT2D eigenvalue weighted by Crippen LogP contribution is -2.11. The van der Waals surface area contributed by atoms with Crippen LogP contribution in [-0.4, -0.2) is 18.6 Å². The number of aromatic amines is 1. The summed E-state index contributed by atoms with van der Waals surface area (Å²) in [6.45, 7) is 0. The van der Waals surface area contributed by atoms with Gasteiger partial charge in [-0.3, -0.25) is 5.10 Å². The predicted octanol–water partition coefficient (Wildman–Crippen LogP) is 4.18. The Morgan fingerprint density at radius 1 is 1.00 bits per heavy atom. The van der Waals surface area contributed by atoms with Crippen molar-refractivity contribution in [1.82, 2.24) is 10.2 Å². The highest BCUT2D eigenvalue weighted by Gasteiger charge is 2.37. The van der Waals surface area contributed by atoms with Gasteiger partial charge in [-0.15, -0.1) is 0 Å². The fourth-order valence-electron chi connectivity index (χ4n) is 2.80. The number of H-pyrrole nitrogens is 1. The summed E-state index contributed by atoms with van der Waals surface area (Å²) in [5.41, 5.74) is 0.375. The van der Waals surface area contributed by atoms with Crippen LogP contribution in [0.25, 0.3) is 11.3 Å². The molecule has 28 heavy (non-hydrogen) atoms. The van der Waals surface area contributed by atoms with E-state index in [1.54, 1.807) is 24.3 Å². The molecule has 0 saturated heterocycles. The number of halogens is 4. The summed E-state index contributed by atoms with van der Waals surface area (Å²) < 4.78 is 62.9. The van der Waals surface area contributed by atoms with Crippen molar-refractivity contribution < 1.29 is 21.6 Å². The zero-order valence-electron chi connectivity index (χ0n) is 14.3. The van der Waals surface area contributed by atoms with Gasteiger partial charge in [-0.25, -0.2) is 13.6 Å². The smallest absolute Gasteiger partial charge is 0.273 e. The average molecular weight is 430 g/mol. The van der Waals surface area contributed by atoms with Crippen molar-refractivity contribution in [3.05, 3.63) is 70.4 Å². The lowest BCUT2D eigenvalue weighted by Gasteiger charge is -2.09. The van der Waals surface area contributed by atoms with Crippen molar-refractivity contribution in [1.29, 1.82) is 0 Å². The Balaban J connectivity index is 1.97. The maximum Gasteiger partial charge on any atom is 0.433 e. The zero-order valence-corrected chi connectivity index (χ0v) is 15.9. The van der Waals surface area contributed by atoms with Gasteiger partial charge in [-0.2, -0.15) is 18.3 Å². The second-order valence-electron chi connectivity index (χ2n) is 6.12. The molecule has 0 aliphatic heterocycles. The molecule has 3 N–H and O–H groups in total.